The van der Waals surface area contributed by atoms with Crippen molar-refractivity contribution in [3.63, 3.8) is 0 Å². The van der Waals surface area contributed by atoms with E-state index in [1.807, 2.05) is 6.07 Å². The van der Waals surface area contributed by atoms with Gasteiger partial charge in [0.15, 0.2) is 0 Å². The molecule has 0 saturated heterocycles. The minimum absolute atomic E-state index is 0.184. The van der Waals surface area contributed by atoms with Crippen LogP contribution in [0.4, 0.5) is 0 Å². The zero-order chi connectivity index (χ0) is 10.8. The summed E-state index contributed by atoms with van der Waals surface area (Å²) in [6, 6.07) is 7.08. The van der Waals surface area contributed by atoms with Gasteiger partial charge in [0, 0.05) is 11.8 Å². The van der Waals surface area contributed by atoms with Crippen molar-refractivity contribution < 1.29 is 0 Å². The summed E-state index contributed by atoms with van der Waals surface area (Å²) in [5.74, 6) is 0. The van der Waals surface area contributed by atoms with Crippen LogP contribution in [0.3, 0.4) is 0 Å². The highest BCUT2D eigenvalue weighted by Crippen LogP contribution is 2.32. The maximum atomic E-state index is 6.04. The summed E-state index contributed by atoms with van der Waals surface area (Å²) in [5, 5.41) is 1.14. The minimum atomic E-state index is 0.184. The summed E-state index contributed by atoms with van der Waals surface area (Å²) in [4.78, 5) is 7.85. The molecule has 76 valence electrons. The summed E-state index contributed by atoms with van der Waals surface area (Å²) in [5.41, 5.74) is 1.40. The van der Waals surface area contributed by atoms with Gasteiger partial charge < -0.3 is 0 Å². The van der Waals surface area contributed by atoms with Gasteiger partial charge in [-0.15, -0.1) is 0 Å². The van der Waals surface area contributed by atoms with Crippen LogP contribution in [0.15, 0.2) is 30.5 Å². The van der Waals surface area contributed by atoms with Crippen LogP contribution in [0.1, 0.15) is 0 Å². The quantitative estimate of drug-likeness (QED) is 0.721. The maximum Gasteiger partial charge on any atom is 0.222 e. The molecule has 0 N–H and O–H groups in total. The Balaban J connectivity index is 2.59. The zero-order valence-corrected chi connectivity index (χ0v) is 9.68. The Bertz CT molecular complexity index is 500. The van der Waals surface area contributed by atoms with E-state index in [-0.39, 0.29) is 5.28 Å². The molecule has 0 atom stereocenters. The molecule has 0 spiro atoms. The molecule has 0 bridgehead atoms. The molecule has 1 aromatic carbocycles. The first-order chi connectivity index (χ1) is 7.18. The third-order valence-electron chi connectivity index (χ3n) is 1.85. The monoisotopic (exact) mass is 258 g/mol. The number of benzene rings is 1. The average molecular weight is 260 g/mol. The van der Waals surface area contributed by atoms with Gasteiger partial charge in [-0.25, -0.2) is 9.97 Å². The van der Waals surface area contributed by atoms with Crippen molar-refractivity contribution in [3.05, 3.63) is 45.8 Å². The van der Waals surface area contributed by atoms with Crippen LogP contribution in [0.2, 0.25) is 15.3 Å². The fourth-order valence-corrected chi connectivity index (χ4v) is 1.73. The first kappa shape index (κ1) is 10.7. The van der Waals surface area contributed by atoms with Gasteiger partial charge in [-0.05, 0) is 23.7 Å². The third kappa shape index (κ3) is 2.23. The van der Waals surface area contributed by atoms with Gasteiger partial charge in [0.25, 0.3) is 0 Å². The summed E-state index contributed by atoms with van der Waals surface area (Å²) in [7, 11) is 0. The first-order valence-electron chi connectivity index (χ1n) is 4.11. The van der Waals surface area contributed by atoms with Crippen LogP contribution in [-0.4, -0.2) is 9.97 Å². The molecule has 0 amide bonds. The topological polar surface area (TPSA) is 25.8 Å². The fraction of sp³-hybridized carbons (Fsp3) is 0. The van der Waals surface area contributed by atoms with Gasteiger partial charge in [-0.3, -0.25) is 0 Å². The third-order valence-corrected chi connectivity index (χ3v) is 2.85. The van der Waals surface area contributed by atoms with Gasteiger partial charge >= 0.3 is 0 Å². The van der Waals surface area contributed by atoms with E-state index in [1.54, 1.807) is 24.4 Å². The van der Waals surface area contributed by atoms with Crippen molar-refractivity contribution in [1.29, 1.82) is 0 Å². The van der Waals surface area contributed by atoms with Crippen LogP contribution in [0, 0.1) is 0 Å². The molecule has 0 fully saturated rings. The maximum absolute atomic E-state index is 6.04. The van der Waals surface area contributed by atoms with Crippen LogP contribution in [0.5, 0.6) is 0 Å². The zero-order valence-electron chi connectivity index (χ0n) is 7.42. The minimum Gasteiger partial charge on any atom is -0.226 e. The van der Waals surface area contributed by atoms with Crippen LogP contribution in [0.25, 0.3) is 11.3 Å². The van der Waals surface area contributed by atoms with Crippen molar-refractivity contribution in [2.24, 2.45) is 0 Å². The number of rotatable bonds is 1. The van der Waals surface area contributed by atoms with E-state index in [2.05, 4.69) is 9.97 Å². The van der Waals surface area contributed by atoms with Crippen LogP contribution in [-0.2, 0) is 0 Å². The molecule has 0 unspecified atom stereocenters. The standard InChI is InChI=1S/C10H5Cl3N2/c11-7-3-1-2-6(9(7)12)8-4-5-14-10(13)15-8/h1-5H. The number of hydrogen-bond donors (Lipinski definition) is 0. The van der Waals surface area contributed by atoms with Crippen molar-refractivity contribution in [2.45, 2.75) is 0 Å². The summed E-state index contributed by atoms with van der Waals surface area (Å²) < 4.78 is 0. The Kier molecular flexibility index (Phi) is 3.10. The Labute approximate surface area is 102 Å². The van der Waals surface area contributed by atoms with Gasteiger partial charge in [0.05, 0.1) is 15.7 Å². The highest BCUT2D eigenvalue weighted by Gasteiger charge is 2.08. The second-order valence-corrected chi connectivity index (χ2v) is 3.94. The molecule has 0 aliphatic carbocycles. The predicted molar refractivity (Wildman–Crippen MR) is 62.5 cm³/mol. The molecular weight excluding hydrogens is 254 g/mol. The largest absolute Gasteiger partial charge is 0.226 e. The summed E-state index contributed by atoms with van der Waals surface area (Å²) >= 11 is 17.6. The smallest absolute Gasteiger partial charge is 0.222 e. The van der Waals surface area contributed by atoms with Gasteiger partial charge in [0.1, 0.15) is 0 Å². The van der Waals surface area contributed by atoms with Gasteiger partial charge in [-0.1, -0.05) is 35.3 Å². The molecule has 2 aromatic rings. The number of nitrogens with zero attached hydrogens (tertiary/aromatic N) is 2. The first-order valence-corrected chi connectivity index (χ1v) is 5.25. The van der Waals surface area contributed by atoms with E-state index in [0.717, 1.165) is 5.56 Å². The Hall–Kier alpha value is -0.830. The van der Waals surface area contributed by atoms with Gasteiger partial charge in [-0.2, -0.15) is 0 Å². The normalized spacial score (nSPS) is 10.3. The number of hydrogen-bond acceptors (Lipinski definition) is 2. The van der Waals surface area contributed by atoms with Crippen LogP contribution >= 0.6 is 34.8 Å². The molecule has 1 heterocycles. The molecule has 0 saturated carbocycles. The molecule has 15 heavy (non-hydrogen) atoms. The molecule has 2 rings (SSSR count). The van der Waals surface area contributed by atoms with E-state index in [1.165, 1.54) is 0 Å². The van der Waals surface area contributed by atoms with E-state index in [4.69, 9.17) is 34.8 Å². The van der Waals surface area contributed by atoms with Crippen molar-refractivity contribution in [2.75, 3.05) is 0 Å². The molecule has 1 aromatic heterocycles. The Morgan fingerprint density at radius 3 is 2.53 bits per heavy atom. The summed E-state index contributed by atoms with van der Waals surface area (Å²) in [6.45, 7) is 0. The number of aromatic nitrogens is 2. The van der Waals surface area contributed by atoms with Crippen LogP contribution < -0.4 is 0 Å². The highest BCUT2D eigenvalue weighted by molar-refractivity contribution is 6.43. The Morgan fingerprint density at radius 2 is 1.80 bits per heavy atom. The highest BCUT2D eigenvalue weighted by atomic mass is 35.5. The van der Waals surface area contributed by atoms with Crippen molar-refractivity contribution in [3.8, 4) is 11.3 Å². The summed E-state index contributed by atoms with van der Waals surface area (Å²) in [6.07, 6.45) is 1.57. The SMILES string of the molecule is Clc1nccc(-c2cccc(Cl)c2Cl)n1. The molecule has 5 heteroatoms. The predicted octanol–water partition coefficient (Wildman–Crippen LogP) is 4.10. The van der Waals surface area contributed by atoms with Gasteiger partial charge in [0.2, 0.25) is 5.28 Å². The van der Waals surface area contributed by atoms with Crippen molar-refractivity contribution >= 4 is 34.8 Å². The van der Waals surface area contributed by atoms with E-state index < -0.39 is 0 Å². The molecule has 2 nitrogen and oxygen atoms in total. The molecule has 0 aliphatic heterocycles. The van der Waals surface area contributed by atoms with E-state index in [9.17, 15) is 0 Å². The number of halogens is 3. The average Bonchev–Trinajstić information content (AvgIpc) is 2.22. The lowest BCUT2D eigenvalue weighted by atomic mass is 10.1. The second-order valence-electron chi connectivity index (χ2n) is 2.81. The second kappa shape index (κ2) is 4.35. The molecular formula is C10H5Cl3N2. The van der Waals surface area contributed by atoms with Crippen molar-refractivity contribution in [1.82, 2.24) is 9.97 Å². The molecule has 0 aliphatic rings. The Morgan fingerprint density at radius 1 is 1.00 bits per heavy atom. The molecule has 0 radical (unpaired) electrons. The fourth-order valence-electron chi connectivity index (χ4n) is 1.19. The van der Waals surface area contributed by atoms with E-state index >= 15 is 0 Å². The lowest BCUT2D eigenvalue weighted by Crippen LogP contribution is -1.87. The lowest BCUT2D eigenvalue weighted by molar-refractivity contribution is 1.17. The van der Waals surface area contributed by atoms with E-state index in [0.29, 0.717) is 15.7 Å². The lowest BCUT2D eigenvalue weighted by Gasteiger charge is -2.04.